The molecule has 36 heavy (non-hydrogen) atoms. The van der Waals surface area contributed by atoms with Crippen molar-refractivity contribution in [1.82, 2.24) is 0 Å². The molecule has 0 saturated carbocycles. The van der Waals surface area contributed by atoms with Crippen molar-refractivity contribution in [3.8, 4) is 5.75 Å². The third-order valence-corrected chi connectivity index (χ3v) is 4.84. The van der Waals surface area contributed by atoms with E-state index in [2.05, 4.69) is 15.5 Å². The van der Waals surface area contributed by atoms with Crippen molar-refractivity contribution >= 4 is 46.0 Å². The number of carbonyl (C=O) groups excluding carboxylic acids is 2. The number of carbonyl (C=O) groups is 2. The summed E-state index contributed by atoms with van der Waals surface area (Å²) >= 11 is 0. The van der Waals surface area contributed by atoms with E-state index in [1.807, 2.05) is 11.8 Å². The Hall–Kier alpha value is -4.62. The summed E-state index contributed by atoms with van der Waals surface area (Å²) in [7, 11) is 1.45. The summed E-state index contributed by atoms with van der Waals surface area (Å²) in [6, 6.07) is 6.13. The maximum absolute atomic E-state index is 11.8. The van der Waals surface area contributed by atoms with Crippen LogP contribution in [0.5, 0.6) is 5.75 Å². The molecule has 14 nitrogen and oxygen atoms in total. The Morgan fingerprint density at radius 2 is 1.75 bits per heavy atom. The molecule has 0 heterocycles. The predicted octanol–water partition coefficient (Wildman–Crippen LogP) is 4.66. The van der Waals surface area contributed by atoms with Crippen molar-refractivity contribution in [3.05, 3.63) is 50.6 Å². The molecule has 0 spiro atoms. The Morgan fingerprint density at radius 1 is 1.06 bits per heavy atom. The van der Waals surface area contributed by atoms with Gasteiger partial charge in [0.2, 0.25) is 5.91 Å². The first kappa shape index (κ1) is 27.6. The molecule has 1 N–H and O–H groups in total. The monoisotopic (exact) mass is 502 g/mol. The summed E-state index contributed by atoms with van der Waals surface area (Å²) in [5, 5.41) is 33.0. The van der Waals surface area contributed by atoms with E-state index in [1.165, 1.54) is 27.0 Å². The number of non-ortho nitro benzene ring substituents is 1. The standard InChI is InChI=1S/C22H26N6O8/c1-5-26(9-6-10-36-15(3)30)21-12-18(23-14(2)29)19(13-22(21)35-4)25-24-17-8-7-16(27(31)32)11-20(17)28(33)34/h7-8,11-13H,5-6,9-10H2,1-4H3,(H,23,29). The molecule has 0 fully saturated rings. The molecule has 2 rings (SSSR count). The maximum Gasteiger partial charge on any atom is 0.303 e. The third-order valence-electron chi connectivity index (χ3n) is 4.84. The van der Waals surface area contributed by atoms with Crippen LogP contribution in [0.2, 0.25) is 0 Å². The summed E-state index contributed by atoms with van der Waals surface area (Å²) in [4.78, 5) is 45.6. The molecule has 0 aromatic heterocycles. The summed E-state index contributed by atoms with van der Waals surface area (Å²) in [6.45, 7) is 5.90. The number of esters is 1. The number of nitrogens with one attached hydrogen (secondary N) is 1. The minimum atomic E-state index is -0.797. The van der Waals surface area contributed by atoms with Crippen LogP contribution < -0.4 is 15.0 Å². The Bertz CT molecular complexity index is 1180. The number of benzene rings is 2. The summed E-state index contributed by atoms with van der Waals surface area (Å²) in [6.07, 6.45) is 0.553. The fraction of sp³-hybridized carbons (Fsp3) is 0.364. The molecular formula is C22H26N6O8. The molecule has 0 bridgehead atoms. The van der Waals surface area contributed by atoms with Crippen molar-refractivity contribution in [2.24, 2.45) is 10.2 Å². The van der Waals surface area contributed by atoms with Gasteiger partial charge in [-0.1, -0.05) is 0 Å². The fourth-order valence-corrected chi connectivity index (χ4v) is 3.22. The van der Waals surface area contributed by atoms with Crippen LogP contribution in [0.15, 0.2) is 40.6 Å². The van der Waals surface area contributed by atoms with Gasteiger partial charge in [0, 0.05) is 39.1 Å². The van der Waals surface area contributed by atoms with E-state index in [1.54, 1.807) is 6.07 Å². The zero-order valence-electron chi connectivity index (χ0n) is 20.2. The number of rotatable bonds is 12. The van der Waals surface area contributed by atoms with Gasteiger partial charge in [0.25, 0.3) is 5.69 Å². The molecule has 0 aliphatic rings. The second-order valence-electron chi connectivity index (χ2n) is 7.38. The number of anilines is 2. The lowest BCUT2D eigenvalue weighted by molar-refractivity contribution is -0.393. The molecule has 0 saturated heterocycles. The molecule has 192 valence electrons. The first-order valence-corrected chi connectivity index (χ1v) is 10.8. The number of azo groups is 1. The van der Waals surface area contributed by atoms with E-state index in [-0.39, 0.29) is 35.5 Å². The summed E-state index contributed by atoms with van der Waals surface area (Å²) in [5.74, 6) is -0.362. The van der Waals surface area contributed by atoms with Crippen LogP contribution in [0.25, 0.3) is 0 Å². The van der Waals surface area contributed by atoms with Crippen LogP contribution in [-0.4, -0.2) is 48.5 Å². The molecule has 14 heteroatoms. The first-order valence-electron chi connectivity index (χ1n) is 10.8. The zero-order valence-corrected chi connectivity index (χ0v) is 20.2. The van der Waals surface area contributed by atoms with Gasteiger partial charge in [0.15, 0.2) is 5.69 Å². The van der Waals surface area contributed by atoms with E-state index in [4.69, 9.17) is 9.47 Å². The van der Waals surface area contributed by atoms with Gasteiger partial charge < -0.3 is 19.7 Å². The van der Waals surface area contributed by atoms with Gasteiger partial charge in [-0.2, -0.15) is 0 Å². The van der Waals surface area contributed by atoms with Gasteiger partial charge in [0.05, 0.1) is 41.0 Å². The normalized spacial score (nSPS) is 10.7. The van der Waals surface area contributed by atoms with Crippen molar-refractivity contribution in [1.29, 1.82) is 0 Å². The molecular weight excluding hydrogens is 476 g/mol. The van der Waals surface area contributed by atoms with E-state index < -0.39 is 21.2 Å². The van der Waals surface area contributed by atoms with Gasteiger partial charge in [-0.05, 0) is 25.5 Å². The molecule has 0 unspecified atom stereocenters. The number of hydrogen-bond acceptors (Lipinski definition) is 11. The second-order valence-corrected chi connectivity index (χ2v) is 7.38. The largest absolute Gasteiger partial charge is 0.494 e. The van der Waals surface area contributed by atoms with Gasteiger partial charge >= 0.3 is 11.7 Å². The van der Waals surface area contributed by atoms with Crippen LogP contribution in [0.3, 0.4) is 0 Å². The maximum atomic E-state index is 11.8. The van der Waals surface area contributed by atoms with Crippen LogP contribution in [0, 0.1) is 20.2 Å². The average molecular weight is 502 g/mol. The van der Waals surface area contributed by atoms with Crippen LogP contribution in [-0.2, 0) is 14.3 Å². The third kappa shape index (κ3) is 7.44. The van der Waals surface area contributed by atoms with Crippen LogP contribution in [0.4, 0.5) is 34.1 Å². The highest BCUT2D eigenvalue weighted by Gasteiger charge is 2.20. The number of nitro groups is 2. The summed E-state index contributed by atoms with van der Waals surface area (Å²) < 4.78 is 10.5. The Labute approximate surface area is 206 Å². The van der Waals surface area contributed by atoms with Gasteiger partial charge in [-0.3, -0.25) is 29.8 Å². The van der Waals surface area contributed by atoms with E-state index in [0.717, 1.165) is 18.2 Å². The average Bonchev–Trinajstić information content (AvgIpc) is 2.82. The highest BCUT2D eigenvalue weighted by Crippen LogP contribution is 2.40. The molecule has 0 aliphatic carbocycles. The molecule has 0 radical (unpaired) electrons. The first-order chi connectivity index (χ1) is 17.1. The van der Waals surface area contributed by atoms with Gasteiger partial charge in [-0.15, -0.1) is 10.2 Å². The lowest BCUT2D eigenvalue weighted by Crippen LogP contribution is -2.26. The smallest absolute Gasteiger partial charge is 0.303 e. The van der Waals surface area contributed by atoms with E-state index in [0.29, 0.717) is 30.9 Å². The SMILES string of the molecule is CCN(CCCOC(C)=O)c1cc(NC(C)=O)c(N=Nc2ccc([N+](=O)[O-])cc2[N+](=O)[O-])cc1OC. The minimum Gasteiger partial charge on any atom is -0.494 e. The molecule has 2 aromatic rings. The van der Waals surface area contributed by atoms with Crippen molar-refractivity contribution in [3.63, 3.8) is 0 Å². The quantitative estimate of drug-likeness (QED) is 0.142. The Kier molecular flexibility index (Phi) is 9.77. The van der Waals surface area contributed by atoms with E-state index >= 15 is 0 Å². The van der Waals surface area contributed by atoms with Gasteiger partial charge in [-0.25, -0.2) is 0 Å². The van der Waals surface area contributed by atoms with Crippen LogP contribution in [0.1, 0.15) is 27.2 Å². The van der Waals surface area contributed by atoms with Crippen LogP contribution >= 0.6 is 0 Å². The molecule has 0 atom stereocenters. The number of hydrogen-bond donors (Lipinski definition) is 1. The number of nitrogens with zero attached hydrogens (tertiary/aromatic N) is 5. The number of methoxy groups -OCH3 is 1. The Morgan fingerprint density at radius 3 is 2.31 bits per heavy atom. The topological polar surface area (TPSA) is 179 Å². The molecule has 0 aliphatic heterocycles. The lowest BCUT2D eigenvalue weighted by Gasteiger charge is -2.26. The molecule has 1 amide bonds. The van der Waals surface area contributed by atoms with Crippen molar-refractivity contribution < 1.29 is 28.9 Å². The highest BCUT2D eigenvalue weighted by atomic mass is 16.6. The molecule has 2 aromatic carbocycles. The number of amides is 1. The zero-order chi connectivity index (χ0) is 26.8. The van der Waals surface area contributed by atoms with Crippen molar-refractivity contribution in [2.45, 2.75) is 27.2 Å². The minimum absolute atomic E-state index is 0.148. The number of ether oxygens (including phenoxy) is 2. The predicted molar refractivity (Wildman–Crippen MR) is 130 cm³/mol. The number of nitro benzene ring substituents is 2. The van der Waals surface area contributed by atoms with E-state index in [9.17, 15) is 29.8 Å². The second kappa shape index (κ2) is 12.7. The highest BCUT2D eigenvalue weighted by molar-refractivity contribution is 5.93. The van der Waals surface area contributed by atoms with Gasteiger partial charge in [0.1, 0.15) is 11.4 Å². The fourth-order valence-electron chi connectivity index (χ4n) is 3.22. The Balaban J connectivity index is 2.48. The summed E-state index contributed by atoms with van der Waals surface area (Å²) in [5.41, 5.74) is -0.212. The van der Waals surface area contributed by atoms with Crippen molar-refractivity contribution in [2.75, 3.05) is 37.0 Å². The lowest BCUT2D eigenvalue weighted by atomic mass is 10.2.